The van der Waals surface area contributed by atoms with Crippen LogP contribution in [-0.2, 0) is 0 Å². The van der Waals surface area contributed by atoms with Gasteiger partial charge in [-0.05, 0) is 23.4 Å². The first-order chi connectivity index (χ1) is 6.16. The smallest absolute Gasteiger partial charge is 0.270 e. The molecule has 0 amide bonds. The van der Waals surface area contributed by atoms with Crippen LogP contribution in [0, 0.1) is 16.0 Å². The Bertz CT molecular complexity index is 472. The fraction of sp³-hybridized carbons (Fsp3) is 0.125. The van der Waals surface area contributed by atoms with E-state index in [1.54, 1.807) is 6.07 Å². The minimum absolute atomic E-state index is 0.462. The van der Waals surface area contributed by atoms with E-state index in [-0.39, 0.29) is 0 Å². The quantitative estimate of drug-likeness (QED) is 0.415. The lowest BCUT2D eigenvalue weighted by Gasteiger charge is -1.99. The number of rotatable bonds is 0. The van der Waals surface area contributed by atoms with Crippen molar-refractivity contribution in [3.8, 4) is 0 Å². The van der Waals surface area contributed by atoms with Gasteiger partial charge in [0.1, 0.15) is 5.52 Å². The molecule has 0 atom stereocenters. The summed E-state index contributed by atoms with van der Waals surface area (Å²) in [4.78, 5) is 4.74. The standard InChI is InChI=1S/C8H6IN3O/c1-5-2-3-6-7(4-5)12(13)11-8(9)10-6/h2-4H,1H3. The van der Waals surface area contributed by atoms with E-state index in [4.69, 9.17) is 0 Å². The number of aryl methyl sites for hydroxylation is 1. The minimum atomic E-state index is 0.462. The van der Waals surface area contributed by atoms with E-state index < -0.39 is 0 Å². The number of benzene rings is 1. The van der Waals surface area contributed by atoms with Gasteiger partial charge in [-0.25, -0.2) is 4.98 Å². The molecule has 0 fully saturated rings. The van der Waals surface area contributed by atoms with Crippen molar-refractivity contribution in [1.29, 1.82) is 0 Å². The normalized spacial score (nSPS) is 10.6. The van der Waals surface area contributed by atoms with Crippen LogP contribution in [0.25, 0.3) is 11.0 Å². The molecule has 13 heavy (non-hydrogen) atoms. The number of halogens is 1. The van der Waals surface area contributed by atoms with E-state index in [9.17, 15) is 5.21 Å². The predicted molar refractivity (Wildman–Crippen MR) is 56.0 cm³/mol. The van der Waals surface area contributed by atoms with Gasteiger partial charge in [0.05, 0.1) is 0 Å². The zero-order valence-electron chi connectivity index (χ0n) is 6.86. The first-order valence-corrected chi connectivity index (χ1v) is 4.78. The van der Waals surface area contributed by atoms with Gasteiger partial charge in [-0.3, -0.25) is 0 Å². The third-order valence-electron chi connectivity index (χ3n) is 1.72. The monoisotopic (exact) mass is 287 g/mol. The molecule has 0 bridgehead atoms. The fourth-order valence-electron chi connectivity index (χ4n) is 1.13. The fourth-order valence-corrected chi connectivity index (χ4v) is 1.59. The second kappa shape index (κ2) is 3.06. The Hall–Kier alpha value is -0.980. The maximum absolute atomic E-state index is 11.3. The number of hydrogen-bond donors (Lipinski definition) is 0. The minimum Gasteiger partial charge on any atom is -0.594 e. The lowest BCUT2D eigenvalue weighted by molar-refractivity contribution is -0.644. The Morgan fingerprint density at radius 3 is 3.00 bits per heavy atom. The SMILES string of the molecule is Cc1ccc2nc(I)n[n+]([O-])c2c1. The summed E-state index contributed by atoms with van der Waals surface area (Å²) in [6, 6.07) is 5.52. The summed E-state index contributed by atoms with van der Waals surface area (Å²) in [5, 5.41) is 15.0. The van der Waals surface area contributed by atoms with Gasteiger partial charge in [0, 0.05) is 33.8 Å². The molecule has 0 aliphatic carbocycles. The first kappa shape index (κ1) is 8.61. The van der Waals surface area contributed by atoms with Gasteiger partial charge in [-0.2, -0.15) is 0 Å². The number of hydrogen-bond acceptors (Lipinski definition) is 3. The summed E-state index contributed by atoms with van der Waals surface area (Å²) in [6.45, 7) is 1.93. The zero-order chi connectivity index (χ0) is 9.42. The Kier molecular flexibility index (Phi) is 2.03. The molecule has 0 saturated heterocycles. The molecule has 0 saturated carbocycles. The van der Waals surface area contributed by atoms with Crippen molar-refractivity contribution in [1.82, 2.24) is 10.1 Å². The molecule has 0 spiro atoms. The van der Waals surface area contributed by atoms with Crippen molar-refractivity contribution in [3.63, 3.8) is 0 Å². The van der Waals surface area contributed by atoms with E-state index in [1.807, 2.05) is 41.6 Å². The van der Waals surface area contributed by atoms with Gasteiger partial charge in [0.15, 0.2) is 0 Å². The maximum atomic E-state index is 11.3. The van der Waals surface area contributed by atoms with Gasteiger partial charge in [0.25, 0.3) is 9.35 Å². The summed E-state index contributed by atoms with van der Waals surface area (Å²) in [7, 11) is 0. The highest BCUT2D eigenvalue weighted by atomic mass is 127. The molecule has 1 heterocycles. The highest BCUT2D eigenvalue weighted by molar-refractivity contribution is 14.1. The van der Waals surface area contributed by atoms with Gasteiger partial charge in [-0.15, -0.1) is 0 Å². The van der Waals surface area contributed by atoms with Crippen LogP contribution in [0.15, 0.2) is 18.2 Å². The molecule has 1 aromatic carbocycles. The van der Waals surface area contributed by atoms with Crippen LogP contribution in [0.2, 0.25) is 0 Å². The largest absolute Gasteiger partial charge is 0.594 e. The van der Waals surface area contributed by atoms with E-state index in [0.29, 0.717) is 19.7 Å². The van der Waals surface area contributed by atoms with E-state index in [2.05, 4.69) is 10.1 Å². The molecule has 0 unspecified atom stereocenters. The highest BCUT2D eigenvalue weighted by Gasteiger charge is 2.08. The molecule has 66 valence electrons. The molecular weight excluding hydrogens is 281 g/mol. The predicted octanol–water partition coefficient (Wildman–Crippen LogP) is 1.18. The second-order valence-corrected chi connectivity index (χ2v) is 3.71. The van der Waals surface area contributed by atoms with E-state index in [0.717, 1.165) is 5.56 Å². The summed E-state index contributed by atoms with van der Waals surface area (Å²) in [5.41, 5.74) is 2.22. The molecule has 4 nitrogen and oxygen atoms in total. The van der Waals surface area contributed by atoms with Gasteiger partial charge < -0.3 is 5.21 Å². The third-order valence-corrected chi connectivity index (χ3v) is 2.18. The van der Waals surface area contributed by atoms with Crippen molar-refractivity contribution in [2.75, 3.05) is 0 Å². The Balaban J connectivity index is 2.87. The maximum Gasteiger partial charge on any atom is 0.270 e. The molecule has 0 aliphatic heterocycles. The molecule has 0 radical (unpaired) electrons. The summed E-state index contributed by atoms with van der Waals surface area (Å²) >= 11 is 1.92. The van der Waals surface area contributed by atoms with E-state index in [1.165, 1.54) is 0 Å². The molecule has 1 aromatic heterocycles. The Morgan fingerprint density at radius 1 is 1.46 bits per heavy atom. The van der Waals surface area contributed by atoms with Gasteiger partial charge >= 0.3 is 0 Å². The third kappa shape index (κ3) is 1.55. The van der Waals surface area contributed by atoms with Crippen molar-refractivity contribution in [3.05, 3.63) is 32.8 Å². The summed E-state index contributed by atoms with van der Waals surface area (Å²) in [6.07, 6.45) is 0. The van der Waals surface area contributed by atoms with Crippen LogP contribution in [0.3, 0.4) is 0 Å². The first-order valence-electron chi connectivity index (χ1n) is 3.70. The highest BCUT2D eigenvalue weighted by Crippen LogP contribution is 2.09. The second-order valence-electron chi connectivity index (χ2n) is 2.75. The Labute approximate surface area is 88.3 Å². The lowest BCUT2D eigenvalue weighted by atomic mass is 10.2. The van der Waals surface area contributed by atoms with Crippen LogP contribution in [0.5, 0.6) is 0 Å². The Morgan fingerprint density at radius 2 is 2.23 bits per heavy atom. The molecule has 2 aromatic rings. The van der Waals surface area contributed by atoms with Crippen LogP contribution in [0.1, 0.15) is 5.56 Å². The molecule has 0 aliphatic rings. The zero-order valence-corrected chi connectivity index (χ0v) is 9.02. The topological polar surface area (TPSA) is 52.7 Å². The van der Waals surface area contributed by atoms with Crippen molar-refractivity contribution < 1.29 is 4.85 Å². The van der Waals surface area contributed by atoms with Crippen LogP contribution in [0.4, 0.5) is 0 Å². The average molecular weight is 287 g/mol. The number of fused-ring (bicyclic) bond motifs is 1. The lowest BCUT2D eigenvalue weighted by Crippen LogP contribution is -2.33. The van der Waals surface area contributed by atoms with Crippen LogP contribution in [-0.4, -0.2) is 10.1 Å². The van der Waals surface area contributed by atoms with Crippen molar-refractivity contribution in [2.45, 2.75) is 6.92 Å². The number of aromatic nitrogens is 3. The van der Waals surface area contributed by atoms with Crippen LogP contribution >= 0.6 is 22.6 Å². The number of nitrogens with zero attached hydrogens (tertiary/aromatic N) is 3. The molecule has 0 N–H and O–H groups in total. The summed E-state index contributed by atoms with van der Waals surface area (Å²) in [5.74, 6) is 0. The van der Waals surface area contributed by atoms with Crippen molar-refractivity contribution in [2.24, 2.45) is 0 Å². The van der Waals surface area contributed by atoms with Gasteiger partial charge in [0.2, 0.25) is 0 Å². The van der Waals surface area contributed by atoms with Gasteiger partial charge in [-0.1, -0.05) is 6.07 Å². The molecular formula is C8H6IN3O. The van der Waals surface area contributed by atoms with Crippen molar-refractivity contribution >= 4 is 33.6 Å². The van der Waals surface area contributed by atoms with E-state index >= 15 is 0 Å². The molecule has 5 heteroatoms. The average Bonchev–Trinajstić information content (AvgIpc) is 2.06. The molecule has 2 rings (SSSR count). The summed E-state index contributed by atoms with van der Waals surface area (Å²) < 4.78 is 0.462. The van der Waals surface area contributed by atoms with Crippen LogP contribution < -0.4 is 4.85 Å².